The molecule has 8 heteroatoms. The van der Waals surface area contributed by atoms with Gasteiger partial charge in [0.05, 0.1) is 12.2 Å². The van der Waals surface area contributed by atoms with Gasteiger partial charge in [-0.2, -0.15) is 0 Å². The Hall–Kier alpha value is -4.20. The van der Waals surface area contributed by atoms with Gasteiger partial charge in [-0.1, -0.05) is 6.07 Å². The van der Waals surface area contributed by atoms with E-state index < -0.39 is 6.16 Å². The molecular formula is C22H19N3O5. The van der Waals surface area contributed by atoms with Gasteiger partial charge in [-0.25, -0.2) is 4.79 Å². The molecule has 0 saturated carbocycles. The zero-order chi connectivity index (χ0) is 21.3. The number of carbonyl (C=O) groups is 3. The summed E-state index contributed by atoms with van der Waals surface area (Å²) in [6, 6.07) is 16.1. The highest BCUT2D eigenvalue weighted by Crippen LogP contribution is 2.18. The van der Waals surface area contributed by atoms with E-state index in [0.717, 1.165) is 0 Å². The second-order valence-electron chi connectivity index (χ2n) is 6.04. The molecule has 0 bridgehead atoms. The van der Waals surface area contributed by atoms with Crippen molar-refractivity contribution in [2.24, 2.45) is 0 Å². The summed E-state index contributed by atoms with van der Waals surface area (Å²) in [6.07, 6.45) is 2.25. The van der Waals surface area contributed by atoms with Crippen molar-refractivity contribution in [3.8, 4) is 5.75 Å². The van der Waals surface area contributed by atoms with E-state index in [1.807, 2.05) is 0 Å². The van der Waals surface area contributed by atoms with Crippen molar-refractivity contribution in [3.63, 3.8) is 0 Å². The largest absolute Gasteiger partial charge is 0.513 e. The van der Waals surface area contributed by atoms with Gasteiger partial charge in [-0.15, -0.1) is 0 Å². The highest BCUT2D eigenvalue weighted by Gasteiger charge is 2.10. The van der Waals surface area contributed by atoms with E-state index in [-0.39, 0.29) is 24.2 Å². The topological polar surface area (TPSA) is 107 Å². The van der Waals surface area contributed by atoms with Crippen LogP contribution in [-0.2, 0) is 4.74 Å². The molecule has 1 aromatic heterocycles. The van der Waals surface area contributed by atoms with Crippen LogP contribution in [-0.4, -0.2) is 29.6 Å². The fourth-order valence-electron chi connectivity index (χ4n) is 2.50. The molecule has 0 fully saturated rings. The summed E-state index contributed by atoms with van der Waals surface area (Å²) in [4.78, 5) is 39.9. The van der Waals surface area contributed by atoms with Crippen molar-refractivity contribution in [1.82, 2.24) is 4.98 Å². The third-order valence-corrected chi connectivity index (χ3v) is 3.88. The van der Waals surface area contributed by atoms with Crippen molar-refractivity contribution >= 4 is 29.3 Å². The molecule has 2 aromatic carbocycles. The van der Waals surface area contributed by atoms with Crippen molar-refractivity contribution in [2.75, 3.05) is 17.2 Å². The Morgan fingerprint density at radius 2 is 1.53 bits per heavy atom. The molecule has 8 nitrogen and oxygen atoms in total. The lowest BCUT2D eigenvalue weighted by Crippen LogP contribution is -2.14. The van der Waals surface area contributed by atoms with Gasteiger partial charge in [0.1, 0.15) is 5.75 Å². The van der Waals surface area contributed by atoms with E-state index in [1.165, 1.54) is 30.5 Å². The van der Waals surface area contributed by atoms with E-state index in [1.54, 1.807) is 49.5 Å². The molecule has 0 saturated heterocycles. The maximum absolute atomic E-state index is 12.5. The first kappa shape index (κ1) is 20.5. The van der Waals surface area contributed by atoms with Crippen LogP contribution < -0.4 is 15.4 Å². The summed E-state index contributed by atoms with van der Waals surface area (Å²) >= 11 is 0. The second-order valence-corrected chi connectivity index (χ2v) is 6.04. The molecule has 0 aliphatic carbocycles. The Morgan fingerprint density at radius 1 is 0.867 bits per heavy atom. The molecule has 30 heavy (non-hydrogen) atoms. The number of nitrogens with zero attached hydrogens (tertiary/aromatic N) is 1. The zero-order valence-corrected chi connectivity index (χ0v) is 16.1. The monoisotopic (exact) mass is 405 g/mol. The predicted molar refractivity (Wildman–Crippen MR) is 111 cm³/mol. The quantitative estimate of drug-likeness (QED) is 0.472. The van der Waals surface area contributed by atoms with Crippen LogP contribution in [0.4, 0.5) is 16.2 Å². The molecular weight excluding hydrogens is 386 g/mol. The maximum atomic E-state index is 12.5. The van der Waals surface area contributed by atoms with E-state index in [0.29, 0.717) is 22.5 Å². The minimum atomic E-state index is -0.806. The smallest absolute Gasteiger partial charge is 0.434 e. The number of ether oxygens (including phenoxy) is 2. The molecule has 0 aliphatic rings. The van der Waals surface area contributed by atoms with Crippen molar-refractivity contribution in [3.05, 3.63) is 84.2 Å². The summed E-state index contributed by atoms with van der Waals surface area (Å²) < 4.78 is 9.65. The van der Waals surface area contributed by atoms with E-state index in [4.69, 9.17) is 9.47 Å². The van der Waals surface area contributed by atoms with Gasteiger partial charge in [0.25, 0.3) is 11.8 Å². The molecule has 0 atom stereocenters. The van der Waals surface area contributed by atoms with E-state index >= 15 is 0 Å². The number of pyridine rings is 1. The van der Waals surface area contributed by atoms with Crippen LogP contribution in [0.25, 0.3) is 0 Å². The lowest BCUT2D eigenvalue weighted by atomic mass is 10.2. The summed E-state index contributed by atoms with van der Waals surface area (Å²) in [7, 11) is 0. The maximum Gasteiger partial charge on any atom is 0.513 e. The van der Waals surface area contributed by atoms with Gasteiger partial charge < -0.3 is 20.1 Å². The van der Waals surface area contributed by atoms with Crippen LogP contribution in [0.1, 0.15) is 27.6 Å². The first-order chi connectivity index (χ1) is 14.5. The average Bonchev–Trinajstić information content (AvgIpc) is 2.75. The Balaban J connectivity index is 1.62. The van der Waals surface area contributed by atoms with Crippen molar-refractivity contribution in [2.45, 2.75) is 6.92 Å². The van der Waals surface area contributed by atoms with Gasteiger partial charge in [-0.3, -0.25) is 14.6 Å². The third-order valence-electron chi connectivity index (χ3n) is 3.88. The number of anilines is 2. The van der Waals surface area contributed by atoms with Crippen LogP contribution >= 0.6 is 0 Å². The number of hydrogen-bond acceptors (Lipinski definition) is 6. The van der Waals surface area contributed by atoms with Crippen molar-refractivity contribution in [1.29, 1.82) is 0 Å². The molecule has 0 spiro atoms. The third kappa shape index (κ3) is 5.65. The lowest BCUT2D eigenvalue weighted by Gasteiger charge is -2.09. The fourth-order valence-corrected chi connectivity index (χ4v) is 2.50. The molecule has 2 amide bonds. The summed E-state index contributed by atoms with van der Waals surface area (Å²) in [5.74, 6) is -0.387. The number of rotatable bonds is 6. The SMILES string of the molecule is CCOC(=O)Oc1ccc(C(=O)Nc2cccc(NC(=O)c3cccnc3)c2)cc1. The summed E-state index contributed by atoms with van der Waals surface area (Å²) in [5.41, 5.74) is 1.84. The molecule has 3 aromatic rings. The molecule has 3 rings (SSSR count). The number of amides is 2. The lowest BCUT2D eigenvalue weighted by molar-refractivity contribution is 0.101. The van der Waals surface area contributed by atoms with Gasteiger partial charge >= 0.3 is 6.16 Å². The number of benzene rings is 2. The molecule has 0 unspecified atom stereocenters. The van der Waals surface area contributed by atoms with Crippen LogP contribution in [0.3, 0.4) is 0 Å². The Bertz CT molecular complexity index is 1040. The number of aromatic nitrogens is 1. The predicted octanol–water partition coefficient (Wildman–Crippen LogP) is 4.12. The van der Waals surface area contributed by atoms with E-state index in [9.17, 15) is 14.4 Å². The summed E-state index contributed by atoms with van der Waals surface area (Å²) in [6.45, 7) is 1.88. The van der Waals surface area contributed by atoms with Crippen molar-refractivity contribution < 1.29 is 23.9 Å². The van der Waals surface area contributed by atoms with Gasteiger partial charge in [0, 0.05) is 29.3 Å². The number of nitrogens with one attached hydrogen (secondary N) is 2. The number of carbonyl (C=O) groups excluding carboxylic acids is 3. The highest BCUT2D eigenvalue weighted by molar-refractivity contribution is 6.06. The molecule has 2 N–H and O–H groups in total. The molecule has 0 radical (unpaired) electrons. The Labute approximate surface area is 172 Å². The average molecular weight is 405 g/mol. The normalized spacial score (nSPS) is 10.0. The van der Waals surface area contributed by atoms with Gasteiger partial charge in [0.2, 0.25) is 0 Å². The minimum Gasteiger partial charge on any atom is -0.434 e. The number of hydrogen-bond donors (Lipinski definition) is 2. The zero-order valence-electron chi connectivity index (χ0n) is 16.1. The molecule has 1 heterocycles. The molecule has 152 valence electrons. The molecule has 0 aliphatic heterocycles. The van der Waals surface area contributed by atoms with Crippen LogP contribution in [0.2, 0.25) is 0 Å². The first-order valence-electron chi connectivity index (χ1n) is 9.12. The van der Waals surface area contributed by atoms with Gasteiger partial charge in [0.15, 0.2) is 0 Å². The Kier molecular flexibility index (Phi) is 6.73. The van der Waals surface area contributed by atoms with Gasteiger partial charge in [-0.05, 0) is 61.5 Å². The standard InChI is InChI=1S/C22H19N3O5/c1-2-29-22(28)30-19-10-8-15(9-11-19)20(26)24-17-6-3-7-18(13-17)25-21(27)16-5-4-12-23-14-16/h3-14H,2H2,1H3,(H,24,26)(H,25,27). The Morgan fingerprint density at radius 3 is 2.13 bits per heavy atom. The second kappa shape index (κ2) is 9.83. The van der Waals surface area contributed by atoms with E-state index in [2.05, 4.69) is 15.6 Å². The highest BCUT2D eigenvalue weighted by atomic mass is 16.7. The fraction of sp³-hybridized carbons (Fsp3) is 0.0909. The van der Waals surface area contributed by atoms with Crippen LogP contribution in [0, 0.1) is 0 Å². The van der Waals surface area contributed by atoms with Crippen LogP contribution in [0.5, 0.6) is 5.75 Å². The first-order valence-corrected chi connectivity index (χ1v) is 9.12. The van der Waals surface area contributed by atoms with Crippen LogP contribution in [0.15, 0.2) is 73.1 Å². The summed E-state index contributed by atoms with van der Waals surface area (Å²) in [5, 5.41) is 5.51. The minimum absolute atomic E-state index is 0.209.